The largest absolute Gasteiger partial charge is 0.493 e. The zero-order valence-corrected chi connectivity index (χ0v) is 16.9. The van der Waals surface area contributed by atoms with Gasteiger partial charge in [0.1, 0.15) is 4.83 Å². The summed E-state index contributed by atoms with van der Waals surface area (Å²) in [5, 5.41) is 18.4. The van der Waals surface area contributed by atoms with Crippen molar-refractivity contribution >= 4 is 27.5 Å². The first-order valence-corrected chi connectivity index (χ1v) is 10.5. The molecule has 3 aromatic heterocycles. The van der Waals surface area contributed by atoms with Crippen LogP contribution < -0.4 is 11.0 Å². The number of carbonyl (C=O) groups is 1. The SMILES string of the molecule is Cc1nn(C2CCCCC2)c2sc(C(=O)NC[C@H](C)n3c(O)c[nH]c3=O)cc12. The van der Waals surface area contributed by atoms with E-state index < -0.39 is 5.69 Å². The Bertz CT molecular complexity index is 1050. The molecule has 4 rings (SSSR count). The molecule has 1 atom stereocenters. The molecular weight excluding hydrogens is 378 g/mol. The number of aryl methyl sites for hydroxylation is 1. The molecule has 1 fully saturated rings. The van der Waals surface area contributed by atoms with Gasteiger partial charge in [-0.2, -0.15) is 5.10 Å². The number of fused-ring (bicyclic) bond motifs is 1. The maximum absolute atomic E-state index is 12.7. The summed E-state index contributed by atoms with van der Waals surface area (Å²) in [7, 11) is 0. The van der Waals surface area contributed by atoms with Crippen LogP contribution in [0.2, 0.25) is 0 Å². The molecule has 0 saturated heterocycles. The van der Waals surface area contributed by atoms with Crippen LogP contribution in [0.1, 0.15) is 66.5 Å². The van der Waals surface area contributed by atoms with Gasteiger partial charge in [-0.1, -0.05) is 19.3 Å². The van der Waals surface area contributed by atoms with Gasteiger partial charge in [0.15, 0.2) is 0 Å². The maximum Gasteiger partial charge on any atom is 0.328 e. The highest BCUT2D eigenvalue weighted by atomic mass is 32.1. The monoisotopic (exact) mass is 403 g/mol. The van der Waals surface area contributed by atoms with E-state index in [1.807, 2.05) is 13.0 Å². The smallest absolute Gasteiger partial charge is 0.328 e. The number of hydrogen-bond acceptors (Lipinski definition) is 5. The standard InChI is InChI=1S/C19H25N5O3S/c1-11(23-16(25)10-21-19(23)27)9-20-17(26)15-8-14-12(2)22-24(18(14)28-15)13-6-4-3-5-7-13/h8,10-11,13,25H,3-7,9H2,1-2H3,(H,20,26)(H,21,27)/t11-/m0/s1. The van der Waals surface area contributed by atoms with Gasteiger partial charge in [0.05, 0.1) is 28.9 Å². The van der Waals surface area contributed by atoms with Gasteiger partial charge in [0, 0.05) is 11.9 Å². The van der Waals surface area contributed by atoms with Crippen molar-refractivity contribution in [3.05, 3.63) is 33.3 Å². The molecule has 1 aliphatic rings. The molecule has 28 heavy (non-hydrogen) atoms. The quantitative estimate of drug-likeness (QED) is 0.609. The van der Waals surface area contributed by atoms with Crippen molar-refractivity contribution in [3.63, 3.8) is 0 Å². The molecule has 0 radical (unpaired) electrons. The molecular formula is C19H25N5O3S. The second kappa shape index (κ2) is 7.46. The van der Waals surface area contributed by atoms with E-state index in [0.717, 1.165) is 28.8 Å². The Balaban J connectivity index is 1.51. The van der Waals surface area contributed by atoms with Gasteiger partial charge in [0.25, 0.3) is 5.91 Å². The maximum atomic E-state index is 12.7. The van der Waals surface area contributed by atoms with Gasteiger partial charge in [-0.3, -0.25) is 14.0 Å². The molecule has 0 aliphatic heterocycles. The summed E-state index contributed by atoms with van der Waals surface area (Å²) in [5.41, 5.74) is 0.553. The van der Waals surface area contributed by atoms with Crippen LogP contribution in [0.25, 0.3) is 10.2 Å². The number of aromatic hydroxyl groups is 1. The van der Waals surface area contributed by atoms with Crippen LogP contribution in [0.5, 0.6) is 5.88 Å². The summed E-state index contributed by atoms with van der Waals surface area (Å²) < 4.78 is 3.33. The van der Waals surface area contributed by atoms with Gasteiger partial charge in [-0.15, -0.1) is 11.3 Å². The van der Waals surface area contributed by atoms with E-state index in [-0.39, 0.29) is 24.4 Å². The van der Waals surface area contributed by atoms with E-state index in [1.54, 1.807) is 6.92 Å². The fourth-order valence-electron chi connectivity index (χ4n) is 3.97. The second-order valence-electron chi connectivity index (χ2n) is 7.53. The number of nitrogens with zero attached hydrogens (tertiary/aromatic N) is 3. The average Bonchev–Trinajstić information content (AvgIpc) is 3.35. The van der Waals surface area contributed by atoms with Gasteiger partial charge in [-0.25, -0.2) is 4.79 Å². The molecule has 1 saturated carbocycles. The van der Waals surface area contributed by atoms with Gasteiger partial charge in [0.2, 0.25) is 5.88 Å². The highest BCUT2D eigenvalue weighted by Gasteiger charge is 2.23. The fraction of sp³-hybridized carbons (Fsp3) is 0.526. The lowest BCUT2D eigenvalue weighted by Crippen LogP contribution is -2.32. The number of hydrogen-bond donors (Lipinski definition) is 3. The van der Waals surface area contributed by atoms with Crippen molar-refractivity contribution in [3.8, 4) is 5.88 Å². The normalized spacial score (nSPS) is 16.5. The van der Waals surface area contributed by atoms with Crippen molar-refractivity contribution in [2.45, 2.75) is 58.0 Å². The Morgan fingerprint density at radius 2 is 2.18 bits per heavy atom. The average molecular weight is 404 g/mol. The first-order valence-electron chi connectivity index (χ1n) is 9.71. The molecule has 0 spiro atoms. The topological polar surface area (TPSA) is 105 Å². The third kappa shape index (κ3) is 3.34. The number of aromatic amines is 1. The zero-order valence-electron chi connectivity index (χ0n) is 16.1. The lowest BCUT2D eigenvalue weighted by molar-refractivity contribution is 0.0952. The Kier molecular flexibility index (Phi) is 5.01. The van der Waals surface area contributed by atoms with Gasteiger partial charge < -0.3 is 15.4 Å². The van der Waals surface area contributed by atoms with Crippen LogP contribution in [0.3, 0.4) is 0 Å². The molecule has 0 unspecified atom stereocenters. The van der Waals surface area contributed by atoms with E-state index in [0.29, 0.717) is 10.9 Å². The second-order valence-corrected chi connectivity index (χ2v) is 8.56. The van der Waals surface area contributed by atoms with Crippen LogP contribution in [0.4, 0.5) is 0 Å². The lowest BCUT2D eigenvalue weighted by atomic mass is 9.96. The highest BCUT2D eigenvalue weighted by molar-refractivity contribution is 7.20. The number of aromatic nitrogens is 4. The number of amides is 1. The fourth-order valence-corrected chi connectivity index (χ4v) is 5.12. The van der Waals surface area contributed by atoms with Crippen LogP contribution in [-0.4, -0.2) is 36.9 Å². The van der Waals surface area contributed by atoms with E-state index >= 15 is 0 Å². The number of thiophene rings is 1. The van der Waals surface area contributed by atoms with Crippen molar-refractivity contribution in [2.24, 2.45) is 0 Å². The van der Waals surface area contributed by atoms with Crippen LogP contribution in [-0.2, 0) is 0 Å². The number of rotatable bonds is 5. The summed E-state index contributed by atoms with van der Waals surface area (Å²) in [6.45, 7) is 4.00. The van der Waals surface area contributed by atoms with Gasteiger partial charge in [-0.05, 0) is 32.8 Å². The van der Waals surface area contributed by atoms with E-state index in [1.165, 1.54) is 41.4 Å². The van der Waals surface area contributed by atoms with Gasteiger partial charge >= 0.3 is 5.69 Å². The minimum Gasteiger partial charge on any atom is -0.493 e. The van der Waals surface area contributed by atoms with Crippen LogP contribution in [0.15, 0.2) is 17.1 Å². The number of nitrogens with one attached hydrogen (secondary N) is 2. The predicted molar refractivity (Wildman–Crippen MR) is 108 cm³/mol. The Morgan fingerprint density at radius 3 is 2.86 bits per heavy atom. The van der Waals surface area contributed by atoms with Crippen molar-refractivity contribution in [1.29, 1.82) is 0 Å². The summed E-state index contributed by atoms with van der Waals surface area (Å²) in [4.78, 5) is 28.5. The summed E-state index contributed by atoms with van der Waals surface area (Å²) in [6, 6.07) is 1.96. The highest BCUT2D eigenvalue weighted by Crippen LogP contribution is 2.35. The van der Waals surface area contributed by atoms with Crippen LogP contribution >= 0.6 is 11.3 Å². The molecule has 1 aliphatic carbocycles. The van der Waals surface area contributed by atoms with Crippen molar-refractivity contribution in [2.75, 3.05) is 6.54 Å². The molecule has 0 bridgehead atoms. The van der Waals surface area contributed by atoms with E-state index in [2.05, 4.69) is 15.0 Å². The van der Waals surface area contributed by atoms with E-state index in [9.17, 15) is 14.7 Å². The summed E-state index contributed by atoms with van der Waals surface area (Å²) >= 11 is 1.47. The Hall–Kier alpha value is -2.55. The first kappa shape index (κ1) is 18.8. The third-order valence-corrected chi connectivity index (χ3v) is 6.63. The molecule has 1 amide bonds. The van der Waals surface area contributed by atoms with E-state index in [4.69, 9.17) is 5.10 Å². The first-order chi connectivity index (χ1) is 13.5. The minimum absolute atomic E-state index is 0.142. The zero-order chi connectivity index (χ0) is 19.8. The lowest BCUT2D eigenvalue weighted by Gasteiger charge is -2.22. The molecule has 8 nitrogen and oxygen atoms in total. The van der Waals surface area contributed by atoms with Crippen LogP contribution in [0, 0.1) is 6.92 Å². The number of H-pyrrole nitrogens is 1. The Morgan fingerprint density at radius 1 is 1.43 bits per heavy atom. The predicted octanol–water partition coefficient (Wildman–Crippen LogP) is 3.10. The molecule has 3 aromatic rings. The summed E-state index contributed by atoms with van der Waals surface area (Å²) in [5.74, 6) is -0.317. The van der Waals surface area contributed by atoms with Crippen molar-refractivity contribution in [1.82, 2.24) is 24.6 Å². The molecule has 150 valence electrons. The number of imidazole rings is 1. The molecule has 3 heterocycles. The van der Waals surface area contributed by atoms with Crippen molar-refractivity contribution < 1.29 is 9.90 Å². The number of carbonyl (C=O) groups excluding carboxylic acids is 1. The molecule has 9 heteroatoms. The Labute approximate surface area is 166 Å². The minimum atomic E-state index is -0.399. The molecule has 0 aromatic carbocycles. The third-order valence-electron chi connectivity index (χ3n) is 5.50. The molecule has 3 N–H and O–H groups in total. The summed E-state index contributed by atoms with van der Waals surface area (Å²) in [6.07, 6.45) is 7.27.